The van der Waals surface area contributed by atoms with Crippen molar-refractivity contribution in [2.24, 2.45) is 7.05 Å². The fourth-order valence-corrected chi connectivity index (χ4v) is 4.50. The largest absolute Gasteiger partial charge is 0.404 e. The Morgan fingerprint density at radius 2 is 1.83 bits per heavy atom. The SMILES string of the molecule is CC(NS(=O)(=O)c1c2[nH]ccc2c(C(=O)Nc2ccc(F)c(F)c2)n1C)C(F)(F)F. The molecular weight excluding hydrogens is 435 g/mol. The maximum absolute atomic E-state index is 13.4. The van der Waals surface area contributed by atoms with Crippen LogP contribution in [0.1, 0.15) is 17.4 Å². The molecule has 0 saturated heterocycles. The lowest BCUT2D eigenvalue weighted by Crippen LogP contribution is -2.43. The molecule has 3 rings (SSSR count). The lowest BCUT2D eigenvalue weighted by atomic mass is 10.2. The van der Waals surface area contributed by atoms with E-state index in [-0.39, 0.29) is 22.3 Å². The van der Waals surface area contributed by atoms with Crippen molar-refractivity contribution in [3.05, 3.63) is 47.8 Å². The maximum atomic E-state index is 13.4. The van der Waals surface area contributed by atoms with Crippen molar-refractivity contribution < 1.29 is 35.2 Å². The monoisotopic (exact) mass is 450 g/mol. The summed E-state index contributed by atoms with van der Waals surface area (Å²) in [4.78, 5) is 15.3. The number of hydrogen-bond donors (Lipinski definition) is 3. The van der Waals surface area contributed by atoms with Crippen LogP contribution in [0.25, 0.3) is 10.9 Å². The van der Waals surface area contributed by atoms with Crippen LogP contribution in [0.4, 0.5) is 27.6 Å². The summed E-state index contributed by atoms with van der Waals surface area (Å²) >= 11 is 0. The van der Waals surface area contributed by atoms with Crippen molar-refractivity contribution in [1.82, 2.24) is 14.3 Å². The molecule has 1 aromatic carbocycles. The second-order valence-corrected chi connectivity index (χ2v) is 8.08. The molecule has 0 aliphatic rings. The Bertz CT molecular complexity index is 1230. The third-order valence-corrected chi connectivity index (χ3v) is 5.98. The maximum Gasteiger partial charge on any atom is 0.404 e. The highest BCUT2D eigenvalue weighted by Crippen LogP contribution is 2.30. The molecule has 30 heavy (non-hydrogen) atoms. The number of benzene rings is 1. The first kappa shape index (κ1) is 21.8. The zero-order valence-corrected chi connectivity index (χ0v) is 16.3. The predicted molar refractivity (Wildman–Crippen MR) is 97.4 cm³/mol. The number of alkyl halides is 3. The van der Waals surface area contributed by atoms with E-state index in [1.54, 1.807) is 0 Å². The van der Waals surface area contributed by atoms with Crippen LogP contribution >= 0.6 is 0 Å². The van der Waals surface area contributed by atoms with Crippen LogP contribution in [0, 0.1) is 11.6 Å². The molecule has 0 spiro atoms. The second kappa shape index (κ2) is 7.40. The highest BCUT2D eigenvalue weighted by molar-refractivity contribution is 7.89. The number of hydrogen-bond acceptors (Lipinski definition) is 3. The Morgan fingerprint density at radius 1 is 1.17 bits per heavy atom. The van der Waals surface area contributed by atoms with Gasteiger partial charge in [-0.3, -0.25) is 4.79 Å². The molecule has 3 aromatic rings. The average Bonchev–Trinajstić information content (AvgIpc) is 3.15. The number of H-pyrrole nitrogens is 1. The van der Waals surface area contributed by atoms with Gasteiger partial charge in [0.05, 0.1) is 5.52 Å². The molecule has 0 bridgehead atoms. The fraction of sp³-hybridized carbons (Fsp3) is 0.235. The Balaban J connectivity index is 2.04. The molecule has 2 aromatic heterocycles. The van der Waals surface area contributed by atoms with E-state index >= 15 is 0 Å². The second-order valence-electron chi connectivity index (χ2n) is 6.45. The molecule has 2 heterocycles. The molecule has 1 unspecified atom stereocenters. The molecular formula is C17H15F5N4O3S. The number of sulfonamides is 1. The van der Waals surface area contributed by atoms with Gasteiger partial charge in [0, 0.05) is 30.4 Å². The molecule has 162 valence electrons. The lowest BCUT2D eigenvalue weighted by Gasteiger charge is -2.18. The number of carbonyl (C=O) groups excluding carboxylic acids is 1. The van der Waals surface area contributed by atoms with Crippen molar-refractivity contribution >= 4 is 32.5 Å². The zero-order chi connectivity index (χ0) is 22.4. The standard InChI is InChI=1S/C17H15F5N4O3S/c1-8(17(20,21)22)25-30(28,29)16-13-10(5-6-23-13)14(26(16)2)15(27)24-9-3-4-11(18)12(19)7-9/h3-8,23,25H,1-2H3,(H,24,27). The number of carbonyl (C=O) groups is 1. The van der Waals surface area contributed by atoms with Crippen LogP contribution in [-0.2, 0) is 17.1 Å². The summed E-state index contributed by atoms with van der Waals surface area (Å²) in [6, 6.07) is 1.61. The van der Waals surface area contributed by atoms with Gasteiger partial charge in [-0.1, -0.05) is 0 Å². The smallest absolute Gasteiger partial charge is 0.359 e. The third-order valence-electron chi connectivity index (χ3n) is 4.33. The topological polar surface area (TPSA) is 96.0 Å². The highest BCUT2D eigenvalue weighted by atomic mass is 32.2. The van der Waals surface area contributed by atoms with Crippen molar-refractivity contribution in [2.45, 2.75) is 24.2 Å². The number of amides is 1. The quantitative estimate of drug-likeness (QED) is 0.521. The van der Waals surface area contributed by atoms with Gasteiger partial charge in [0.1, 0.15) is 11.7 Å². The number of aromatic nitrogens is 2. The summed E-state index contributed by atoms with van der Waals surface area (Å²) in [6.07, 6.45) is -3.51. The summed E-state index contributed by atoms with van der Waals surface area (Å²) in [7, 11) is -3.51. The molecule has 3 N–H and O–H groups in total. The molecule has 1 amide bonds. The van der Waals surface area contributed by atoms with E-state index in [1.807, 2.05) is 0 Å². The molecule has 0 aliphatic carbocycles. The van der Waals surface area contributed by atoms with E-state index in [2.05, 4.69) is 10.3 Å². The zero-order valence-electron chi connectivity index (χ0n) is 15.4. The third kappa shape index (κ3) is 3.89. The highest BCUT2D eigenvalue weighted by Gasteiger charge is 2.40. The predicted octanol–water partition coefficient (Wildman–Crippen LogP) is 3.27. The van der Waals surface area contributed by atoms with Gasteiger partial charge in [-0.05, 0) is 25.1 Å². The van der Waals surface area contributed by atoms with E-state index in [0.717, 1.165) is 22.8 Å². The van der Waals surface area contributed by atoms with Crippen LogP contribution in [0.15, 0.2) is 35.5 Å². The minimum atomic E-state index is -4.82. The lowest BCUT2D eigenvalue weighted by molar-refractivity contribution is -0.147. The van der Waals surface area contributed by atoms with Crippen LogP contribution in [0.2, 0.25) is 0 Å². The fourth-order valence-electron chi connectivity index (χ4n) is 2.90. The summed E-state index contributed by atoms with van der Waals surface area (Å²) in [5, 5.41) is 1.82. The summed E-state index contributed by atoms with van der Waals surface area (Å²) in [6.45, 7) is 0.642. The molecule has 7 nitrogen and oxygen atoms in total. The first-order valence-electron chi connectivity index (χ1n) is 8.34. The van der Waals surface area contributed by atoms with E-state index in [0.29, 0.717) is 6.92 Å². The first-order chi connectivity index (χ1) is 13.8. The number of rotatable bonds is 5. The summed E-state index contributed by atoms with van der Waals surface area (Å²) < 4.78 is 92.6. The van der Waals surface area contributed by atoms with Crippen molar-refractivity contribution in [1.29, 1.82) is 0 Å². The van der Waals surface area contributed by atoms with E-state index in [1.165, 1.54) is 24.0 Å². The van der Waals surface area contributed by atoms with Gasteiger partial charge < -0.3 is 14.9 Å². The van der Waals surface area contributed by atoms with Crippen molar-refractivity contribution in [2.75, 3.05) is 5.32 Å². The van der Waals surface area contributed by atoms with Gasteiger partial charge in [0.25, 0.3) is 15.9 Å². The van der Waals surface area contributed by atoms with Gasteiger partial charge in [-0.25, -0.2) is 17.2 Å². The molecule has 1 atom stereocenters. The average molecular weight is 450 g/mol. The Hall–Kier alpha value is -2.93. The van der Waals surface area contributed by atoms with Crippen LogP contribution in [-0.4, -0.2) is 36.1 Å². The van der Waals surface area contributed by atoms with Gasteiger partial charge in [-0.15, -0.1) is 0 Å². The number of fused-ring (bicyclic) bond motifs is 1. The van der Waals surface area contributed by atoms with Gasteiger partial charge in [0.15, 0.2) is 16.7 Å². The van der Waals surface area contributed by atoms with Crippen LogP contribution in [0.5, 0.6) is 0 Å². The number of nitrogens with zero attached hydrogens (tertiary/aromatic N) is 1. The molecule has 0 aliphatic heterocycles. The minimum absolute atomic E-state index is 0.0881. The molecule has 0 saturated carbocycles. The van der Waals surface area contributed by atoms with Gasteiger partial charge in [0.2, 0.25) is 0 Å². The van der Waals surface area contributed by atoms with E-state index in [9.17, 15) is 35.2 Å². The van der Waals surface area contributed by atoms with Gasteiger partial charge in [-0.2, -0.15) is 17.9 Å². The minimum Gasteiger partial charge on any atom is -0.359 e. The van der Waals surface area contributed by atoms with Crippen molar-refractivity contribution in [3.63, 3.8) is 0 Å². The normalized spacial score (nSPS) is 13.6. The number of aromatic amines is 1. The Morgan fingerprint density at radius 3 is 2.43 bits per heavy atom. The van der Waals surface area contributed by atoms with Gasteiger partial charge >= 0.3 is 6.18 Å². The summed E-state index contributed by atoms with van der Waals surface area (Å²) in [5.41, 5.74) is -0.400. The molecule has 0 radical (unpaired) electrons. The molecule has 0 fully saturated rings. The number of anilines is 1. The number of halogens is 5. The molecule has 13 heteroatoms. The number of nitrogens with one attached hydrogen (secondary N) is 3. The van der Waals surface area contributed by atoms with E-state index < -0.39 is 44.8 Å². The first-order valence-corrected chi connectivity index (χ1v) is 9.82. The Labute approximate surface area is 166 Å². The van der Waals surface area contributed by atoms with E-state index in [4.69, 9.17) is 0 Å². The Kier molecular flexibility index (Phi) is 5.37. The van der Waals surface area contributed by atoms with Crippen LogP contribution < -0.4 is 10.0 Å². The van der Waals surface area contributed by atoms with Crippen LogP contribution in [0.3, 0.4) is 0 Å². The summed E-state index contributed by atoms with van der Waals surface area (Å²) in [5.74, 6) is -3.21. The van der Waals surface area contributed by atoms with Crippen molar-refractivity contribution in [3.8, 4) is 0 Å².